The molecule has 0 aromatic carbocycles. The Morgan fingerprint density at radius 1 is 1.58 bits per heavy atom. The monoisotopic (exact) mass is 391 g/mol. The summed E-state index contributed by atoms with van der Waals surface area (Å²) in [4.78, 5) is 29.1. The van der Waals surface area contributed by atoms with Crippen molar-refractivity contribution in [3.63, 3.8) is 0 Å². The fourth-order valence-corrected chi connectivity index (χ4v) is 2.79. The van der Waals surface area contributed by atoms with Gasteiger partial charge in [0.2, 0.25) is 5.91 Å². The summed E-state index contributed by atoms with van der Waals surface area (Å²) in [5, 5.41) is 0. The number of carbonyl (C=O) groups excluding carboxylic acids is 2. The highest BCUT2D eigenvalue weighted by Crippen LogP contribution is 2.38. The predicted octanol–water partition coefficient (Wildman–Crippen LogP) is 1.71. The molecule has 1 aliphatic heterocycles. The molecular formula is C11H11Br2N3O3. The first-order valence-electron chi connectivity index (χ1n) is 5.43. The molecule has 1 aromatic heterocycles. The van der Waals surface area contributed by atoms with Crippen molar-refractivity contribution < 1.29 is 14.3 Å². The number of nitrogens with zero attached hydrogens (tertiary/aromatic N) is 2. The van der Waals surface area contributed by atoms with E-state index < -0.39 is 11.9 Å². The number of carbonyl (C=O) groups is 2. The Hall–Kier alpha value is -1.15. The highest BCUT2D eigenvalue weighted by atomic mass is 79.9. The van der Waals surface area contributed by atoms with Crippen molar-refractivity contribution >= 4 is 55.1 Å². The smallest absolute Gasteiger partial charge is 0.311 e. The van der Waals surface area contributed by atoms with Crippen LogP contribution in [0.1, 0.15) is 6.42 Å². The van der Waals surface area contributed by atoms with Crippen LogP contribution in [0.15, 0.2) is 15.3 Å². The quantitative estimate of drug-likeness (QED) is 0.611. The molecule has 1 unspecified atom stereocenters. The Morgan fingerprint density at radius 2 is 2.26 bits per heavy atom. The number of halogens is 2. The predicted molar refractivity (Wildman–Crippen MR) is 76.5 cm³/mol. The van der Waals surface area contributed by atoms with E-state index in [1.807, 2.05) is 0 Å². The second kappa shape index (κ2) is 5.46. The summed E-state index contributed by atoms with van der Waals surface area (Å²) >= 11 is 6.54. The fraction of sp³-hybridized carbons (Fsp3) is 0.364. The van der Waals surface area contributed by atoms with Crippen molar-refractivity contribution in [1.29, 1.82) is 0 Å². The molecule has 2 heterocycles. The Labute approximate surface area is 126 Å². The van der Waals surface area contributed by atoms with Crippen molar-refractivity contribution in [3.05, 3.63) is 15.3 Å². The number of esters is 1. The summed E-state index contributed by atoms with van der Waals surface area (Å²) in [5.74, 6) is -1.04. The van der Waals surface area contributed by atoms with Gasteiger partial charge in [-0.15, -0.1) is 0 Å². The number of pyridine rings is 1. The molecule has 0 saturated carbocycles. The average molecular weight is 393 g/mol. The first-order valence-corrected chi connectivity index (χ1v) is 7.02. The zero-order chi connectivity index (χ0) is 14.2. The molecule has 1 amide bonds. The molecule has 19 heavy (non-hydrogen) atoms. The highest BCUT2D eigenvalue weighted by molar-refractivity contribution is 9.11. The number of aromatic nitrogens is 1. The molecule has 1 fully saturated rings. The molecule has 0 aliphatic carbocycles. The molecule has 2 rings (SSSR count). The van der Waals surface area contributed by atoms with Crippen LogP contribution in [0.4, 0.5) is 11.4 Å². The van der Waals surface area contributed by atoms with Gasteiger partial charge in [-0.3, -0.25) is 9.59 Å². The Bertz CT molecular complexity index is 550. The zero-order valence-electron chi connectivity index (χ0n) is 10.0. The molecule has 0 radical (unpaired) electrons. The minimum absolute atomic E-state index is 0.116. The molecule has 1 atom stereocenters. The van der Waals surface area contributed by atoms with Gasteiger partial charge in [-0.1, -0.05) is 0 Å². The van der Waals surface area contributed by atoms with Gasteiger partial charge in [-0.25, -0.2) is 4.98 Å². The summed E-state index contributed by atoms with van der Waals surface area (Å²) in [6, 6.07) is 0. The van der Waals surface area contributed by atoms with Crippen molar-refractivity contribution in [2.45, 2.75) is 6.42 Å². The van der Waals surface area contributed by atoms with Gasteiger partial charge in [-0.2, -0.15) is 0 Å². The summed E-state index contributed by atoms with van der Waals surface area (Å²) in [6.45, 7) is 0.242. The van der Waals surface area contributed by atoms with Gasteiger partial charge in [-0.05, 0) is 31.9 Å². The van der Waals surface area contributed by atoms with E-state index in [-0.39, 0.29) is 18.9 Å². The standard InChI is InChI=1S/C11H11Br2N3O3/c1-19-11(18)5-2-7(17)16(4-5)9-8(14)6(12)3-15-10(9)13/h3,5H,2,4H2,1H3,(H2,14,15). The van der Waals surface area contributed by atoms with E-state index in [1.165, 1.54) is 12.0 Å². The van der Waals surface area contributed by atoms with Crippen LogP contribution < -0.4 is 10.6 Å². The summed E-state index contributed by atoms with van der Waals surface area (Å²) < 4.78 is 5.73. The van der Waals surface area contributed by atoms with Crippen molar-refractivity contribution in [3.8, 4) is 0 Å². The molecule has 0 bridgehead atoms. The van der Waals surface area contributed by atoms with Crippen molar-refractivity contribution in [1.82, 2.24) is 4.98 Å². The Balaban J connectivity index is 2.36. The van der Waals surface area contributed by atoms with Crippen molar-refractivity contribution in [2.24, 2.45) is 5.92 Å². The largest absolute Gasteiger partial charge is 0.469 e. The maximum Gasteiger partial charge on any atom is 0.311 e. The van der Waals surface area contributed by atoms with Gasteiger partial charge in [0.05, 0.1) is 23.2 Å². The topological polar surface area (TPSA) is 85.5 Å². The van der Waals surface area contributed by atoms with Crippen LogP contribution in [0.5, 0.6) is 0 Å². The van der Waals surface area contributed by atoms with Gasteiger partial charge in [0.25, 0.3) is 0 Å². The number of nitrogen functional groups attached to an aromatic ring is 1. The lowest BCUT2D eigenvalue weighted by atomic mass is 10.1. The number of amides is 1. The van der Waals surface area contributed by atoms with Crippen LogP contribution >= 0.6 is 31.9 Å². The number of ether oxygens (including phenoxy) is 1. The lowest BCUT2D eigenvalue weighted by Crippen LogP contribution is -2.27. The maximum atomic E-state index is 12.0. The third-order valence-electron chi connectivity index (χ3n) is 2.93. The molecule has 6 nitrogen and oxygen atoms in total. The first kappa shape index (κ1) is 14.3. The minimum Gasteiger partial charge on any atom is -0.469 e. The molecule has 1 saturated heterocycles. The number of hydrogen-bond donors (Lipinski definition) is 1. The Morgan fingerprint density at radius 3 is 2.89 bits per heavy atom. The maximum absolute atomic E-state index is 12.0. The van der Waals surface area contributed by atoms with E-state index in [2.05, 4.69) is 41.6 Å². The number of hydrogen-bond acceptors (Lipinski definition) is 5. The van der Waals surface area contributed by atoms with E-state index in [9.17, 15) is 9.59 Å². The second-order valence-corrected chi connectivity index (χ2v) is 5.69. The van der Waals surface area contributed by atoms with Gasteiger partial charge in [0, 0.05) is 19.2 Å². The van der Waals surface area contributed by atoms with Gasteiger partial charge < -0.3 is 15.4 Å². The molecular weight excluding hydrogens is 382 g/mol. The van der Waals surface area contributed by atoms with Crippen LogP contribution in [-0.2, 0) is 14.3 Å². The van der Waals surface area contributed by atoms with Gasteiger partial charge in [0.15, 0.2) is 0 Å². The van der Waals surface area contributed by atoms with Crippen LogP contribution in [0, 0.1) is 5.92 Å². The molecule has 8 heteroatoms. The van der Waals surface area contributed by atoms with Crippen LogP contribution in [0.3, 0.4) is 0 Å². The highest BCUT2D eigenvalue weighted by Gasteiger charge is 2.37. The number of anilines is 2. The molecule has 0 spiro atoms. The first-order chi connectivity index (χ1) is 8.95. The summed E-state index contributed by atoms with van der Waals surface area (Å²) in [5.41, 5.74) is 6.83. The number of methoxy groups -OCH3 is 1. The second-order valence-electron chi connectivity index (χ2n) is 4.09. The number of rotatable bonds is 2. The van der Waals surface area contributed by atoms with E-state index in [1.54, 1.807) is 6.20 Å². The van der Waals surface area contributed by atoms with E-state index in [4.69, 9.17) is 5.73 Å². The molecule has 1 aromatic rings. The SMILES string of the molecule is COC(=O)C1CC(=O)N(c2c(Br)ncc(Br)c2N)C1. The molecule has 102 valence electrons. The average Bonchev–Trinajstić information content (AvgIpc) is 2.76. The zero-order valence-corrected chi connectivity index (χ0v) is 13.2. The third kappa shape index (κ3) is 2.59. The molecule has 2 N–H and O–H groups in total. The Kier molecular flexibility index (Phi) is 4.10. The van der Waals surface area contributed by atoms with E-state index in [0.717, 1.165) is 0 Å². The van der Waals surface area contributed by atoms with Gasteiger partial charge in [0.1, 0.15) is 10.3 Å². The van der Waals surface area contributed by atoms with Crippen LogP contribution in [0.2, 0.25) is 0 Å². The van der Waals surface area contributed by atoms with Crippen molar-refractivity contribution in [2.75, 3.05) is 24.3 Å². The van der Waals surface area contributed by atoms with E-state index >= 15 is 0 Å². The summed E-state index contributed by atoms with van der Waals surface area (Å²) in [6.07, 6.45) is 1.66. The number of nitrogens with two attached hydrogens (primary N) is 1. The minimum atomic E-state index is -0.470. The van der Waals surface area contributed by atoms with Crippen LogP contribution in [-0.4, -0.2) is 30.5 Å². The molecule has 1 aliphatic rings. The normalized spacial score (nSPS) is 18.8. The van der Waals surface area contributed by atoms with Gasteiger partial charge >= 0.3 is 5.97 Å². The van der Waals surface area contributed by atoms with E-state index in [0.29, 0.717) is 20.5 Å². The third-order valence-corrected chi connectivity index (χ3v) is 4.14. The lowest BCUT2D eigenvalue weighted by molar-refractivity contribution is -0.145. The fourth-order valence-electron chi connectivity index (χ4n) is 1.97. The van der Waals surface area contributed by atoms with Crippen LogP contribution in [0.25, 0.3) is 0 Å². The lowest BCUT2D eigenvalue weighted by Gasteiger charge is -2.20. The summed E-state index contributed by atoms with van der Waals surface area (Å²) in [7, 11) is 1.31.